The lowest BCUT2D eigenvalue weighted by molar-refractivity contribution is 0.422. The van der Waals surface area contributed by atoms with Crippen LogP contribution in [-0.4, -0.2) is 15.1 Å². The summed E-state index contributed by atoms with van der Waals surface area (Å²) in [7, 11) is 0. The first-order valence-corrected chi connectivity index (χ1v) is 8.80. The molecule has 134 valence electrons. The van der Waals surface area contributed by atoms with Gasteiger partial charge >= 0.3 is 0 Å². The van der Waals surface area contributed by atoms with Crippen LogP contribution in [0.25, 0.3) is 11.3 Å². The number of benzene rings is 2. The molecule has 0 unspecified atom stereocenters. The molecule has 0 spiro atoms. The van der Waals surface area contributed by atoms with Crippen molar-refractivity contribution in [3.05, 3.63) is 77.3 Å². The van der Waals surface area contributed by atoms with Crippen LogP contribution < -0.4 is 10.6 Å². The minimum Gasteiger partial charge on any atom is -0.364 e. The van der Waals surface area contributed by atoms with Crippen LogP contribution in [0.3, 0.4) is 0 Å². The van der Waals surface area contributed by atoms with Gasteiger partial charge in [0.25, 0.3) is 0 Å². The second-order valence-corrected chi connectivity index (χ2v) is 6.47. The van der Waals surface area contributed by atoms with E-state index in [1.807, 2.05) is 24.3 Å². The molecule has 0 aliphatic heterocycles. The number of nitrogens with zero attached hydrogens (tertiary/aromatic N) is 3. The van der Waals surface area contributed by atoms with E-state index in [9.17, 15) is 4.39 Å². The van der Waals surface area contributed by atoms with Crippen molar-refractivity contribution in [2.75, 3.05) is 10.6 Å². The molecule has 0 bridgehead atoms. The van der Waals surface area contributed by atoms with Gasteiger partial charge < -0.3 is 15.2 Å². The highest BCUT2D eigenvalue weighted by Gasteiger charge is 2.08. The third-order valence-electron chi connectivity index (χ3n) is 3.70. The predicted octanol–water partition coefficient (Wildman–Crippen LogP) is 5.52. The number of rotatable bonds is 5. The van der Waals surface area contributed by atoms with E-state index in [1.54, 1.807) is 24.4 Å². The Kier molecular flexibility index (Phi) is 4.80. The summed E-state index contributed by atoms with van der Waals surface area (Å²) in [6.07, 6.45) is 3.17. The quantitative estimate of drug-likeness (QED) is 0.438. The molecule has 2 aromatic heterocycles. The Hall–Kier alpha value is -3.26. The maximum atomic E-state index is 13.1. The van der Waals surface area contributed by atoms with Crippen LogP contribution in [0, 0.1) is 5.82 Å². The highest BCUT2D eigenvalue weighted by molar-refractivity contribution is 9.10. The lowest BCUT2D eigenvalue weighted by atomic mass is 10.1. The minimum absolute atomic E-state index is 0.295. The van der Waals surface area contributed by atoms with Crippen LogP contribution in [-0.2, 0) is 0 Å². The molecule has 2 aromatic carbocycles. The van der Waals surface area contributed by atoms with E-state index in [0.717, 1.165) is 22.6 Å². The molecule has 0 saturated carbocycles. The van der Waals surface area contributed by atoms with E-state index in [1.165, 1.54) is 18.4 Å². The van der Waals surface area contributed by atoms with Crippen LogP contribution in [0.1, 0.15) is 0 Å². The Morgan fingerprint density at radius 1 is 0.963 bits per heavy atom. The second kappa shape index (κ2) is 7.55. The fourth-order valence-electron chi connectivity index (χ4n) is 2.43. The van der Waals surface area contributed by atoms with E-state index in [2.05, 4.69) is 41.7 Å². The van der Waals surface area contributed by atoms with Crippen LogP contribution in [0.2, 0.25) is 0 Å². The van der Waals surface area contributed by atoms with Crippen molar-refractivity contribution < 1.29 is 8.91 Å². The zero-order valence-electron chi connectivity index (χ0n) is 13.9. The molecule has 0 amide bonds. The summed E-state index contributed by atoms with van der Waals surface area (Å²) in [5, 5.41) is 10.2. The molecule has 0 aliphatic carbocycles. The maximum absolute atomic E-state index is 13.1. The van der Waals surface area contributed by atoms with Gasteiger partial charge in [0.2, 0.25) is 5.95 Å². The topological polar surface area (TPSA) is 75.9 Å². The number of halogens is 2. The summed E-state index contributed by atoms with van der Waals surface area (Å²) in [6.45, 7) is 0. The van der Waals surface area contributed by atoms with Crippen LogP contribution >= 0.6 is 15.9 Å². The van der Waals surface area contributed by atoms with E-state index in [0.29, 0.717) is 16.2 Å². The predicted molar refractivity (Wildman–Crippen MR) is 105 cm³/mol. The third kappa shape index (κ3) is 4.12. The molecule has 2 heterocycles. The Bertz CT molecular complexity index is 1050. The summed E-state index contributed by atoms with van der Waals surface area (Å²) >= 11 is 3.42. The highest BCUT2D eigenvalue weighted by atomic mass is 79.9. The van der Waals surface area contributed by atoms with Gasteiger partial charge in [-0.05, 0) is 52.3 Å². The second-order valence-electron chi connectivity index (χ2n) is 5.61. The monoisotopic (exact) mass is 425 g/mol. The third-order valence-corrected chi connectivity index (χ3v) is 4.28. The molecule has 4 aromatic rings. The molecule has 2 N–H and O–H groups in total. The van der Waals surface area contributed by atoms with Gasteiger partial charge in [-0.1, -0.05) is 17.3 Å². The van der Waals surface area contributed by atoms with E-state index < -0.39 is 0 Å². The van der Waals surface area contributed by atoms with Gasteiger partial charge in [0.1, 0.15) is 23.6 Å². The standard InChI is InChI=1S/C19H13BrFN5O/c20-16-11-22-19(25-18(16)23-14-6-4-13(21)5-7-14)24-15-3-1-2-12(10-15)17-8-9-27-26-17/h1-11H,(H2,22,23,24,25). The molecule has 0 saturated heterocycles. The number of hydrogen-bond donors (Lipinski definition) is 2. The Morgan fingerprint density at radius 2 is 1.81 bits per heavy atom. The van der Waals surface area contributed by atoms with Crippen molar-refractivity contribution >= 4 is 39.1 Å². The van der Waals surface area contributed by atoms with Gasteiger partial charge in [0.15, 0.2) is 0 Å². The number of anilines is 4. The van der Waals surface area contributed by atoms with E-state index >= 15 is 0 Å². The van der Waals surface area contributed by atoms with Crippen molar-refractivity contribution in [2.45, 2.75) is 0 Å². The zero-order chi connectivity index (χ0) is 18.6. The van der Waals surface area contributed by atoms with Crippen LogP contribution in [0.5, 0.6) is 0 Å². The molecule has 4 rings (SSSR count). The van der Waals surface area contributed by atoms with Crippen molar-refractivity contribution in [2.24, 2.45) is 0 Å². The Balaban J connectivity index is 1.56. The van der Waals surface area contributed by atoms with Crippen molar-refractivity contribution in [3.63, 3.8) is 0 Å². The number of nitrogens with one attached hydrogen (secondary N) is 2. The SMILES string of the molecule is Fc1ccc(Nc2nc(Nc3cccc(-c4ccon4)c3)ncc2Br)cc1. The van der Waals surface area contributed by atoms with Crippen molar-refractivity contribution in [1.29, 1.82) is 0 Å². The fraction of sp³-hybridized carbons (Fsp3) is 0. The molecule has 0 radical (unpaired) electrons. The Labute approximate surface area is 162 Å². The molecule has 27 heavy (non-hydrogen) atoms. The maximum Gasteiger partial charge on any atom is 0.229 e. The van der Waals surface area contributed by atoms with Gasteiger partial charge in [-0.2, -0.15) is 4.98 Å². The summed E-state index contributed by atoms with van der Waals surface area (Å²) in [5.74, 6) is 0.684. The molecular formula is C19H13BrFN5O. The van der Waals surface area contributed by atoms with Gasteiger partial charge in [-0.3, -0.25) is 0 Å². The summed E-state index contributed by atoms with van der Waals surface area (Å²) < 4.78 is 18.6. The average molecular weight is 426 g/mol. The fourth-order valence-corrected chi connectivity index (χ4v) is 2.72. The normalized spacial score (nSPS) is 10.6. The summed E-state index contributed by atoms with van der Waals surface area (Å²) in [5.41, 5.74) is 3.19. The minimum atomic E-state index is -0.295. The average Bonchev–Trinajstić information content (AvgIpc) is 3.21. The Morgan fingerprint density at radius 3 is 2.59 bits per heavy atom. The number of aromatic nitrogens is 3. The van der Waals surface area contributed by atoms with Gasteiger partial charge in [0.05, 0.1) is 4.47 Å². The molecule has 0 atom stereocenters. The van der Waals surface area contributed by atoms with Crippen LogP contribution in [0.15, 0.2) is 76.1 Å². The first-order valence-electron chi connectivity index (χ1n) is 8.00. The van der Waals surface area contributed by atoms with Crippen molar-refractivity contribution in [1.82, 2.24) is 15.1 Å². The lowest BCUT2D eigenvalue weighted by Crippen LogP contribution is -2.01. The smallest absolute Gasteiger partial charge is 0.229 e. The lowest BCUT2D eigenvalue weighted by Gasteiger charge is -2.11. The van der Waals surface area contributed by atoms with E-state index in [-0.39, 0.29) is 5.82 Å². The molecule has 6 nitrogen and oxygen atoms in total. The summed E-state index contributed by atoms with van der Waals surface area (Å²) in [6, 6.07) is 15.5. The summed E-state index contributed by atoms with van der Waals surface area (Å²) in [4.78, 5) is 8.75. The first-order chi connectivity index (χ1) is 13.2. The number of hydrogen-bond acceptors (Lipinski definition) is 6. The largest absolute Gasteiger partial charge is 0.364 e. The molecule has 8 heteroatoms. The van der Waals surface area contributed by atoms with Gasteiger partial charge in [-0.25, -0.2) is 9.37 Å². The van der Waals surface area contributed by atoms with Crippen LogP contribution in [0.4, 0.5) is 27.5 Å². The van der Waals surface area contributed by atoms with Gasteiger partial charge in [0, 0.05) is 29.2 Å². The zero-order valence-corrected chi connectivity index (χ0v) is 15.4. The molecular weight excluding hydrogens is 413 g/mol. The highest BCUT2D eigenvalue weighted by Crippen LogP contribution is 2.26. The van der Waals surface area contributed by atoms with E-state index in [4.69, 9.17) is 4.52 Å². The van der Waals surface area contributed by atoms with Crippen molar-refractivity contribution in [3.8, 4) is 11.3 Å². The molecule has 0 aliphatic rings. The first kappa shape index (κ1) is 17.2. The van der Waals surface area contributed by atoms with Gasteiger partial charge in [-0.15, -0.1) is 0 Å². The molecule has 0 fully saturated rings.